The minimum absolute atomic E-state index is 0.275. The van der Waals surface area contributed by atoms with E-state index in [1.165, 1.54) is 13.8 Å². The van der Waals surface area contributed by atoms with Gasteiger partial charge in [0, 0.05) is 20.1 Å². The first-order chi connectivity index (χ1) is 9.18. The first-order valence-electron chi connectivity index (χ1n) is 6.37. The normalized spacial score (nSPS) is 22.2. The van der Waals surface area contributed by atoms with Gasteiger partial charge in [-0.2, -0.15) is 0 Å². The van der Waals surface area contributed by atoms with Crippen LogP contribution >= 0.6 is 0 Å². The number of carboxylic acid groups (broad SMARTS) is 1. The van der Waals surface area contributed by atoms with Crippen molar-refractivity contribution in [3.05, 3.63) is 0 Å². The summed E-state index contributed by atoms with van der Waals surface area (Å²) in [6, 6.07) is -1.12. The highest BCUT2D eigenvalue weighted by Crippen LogP contribution is 2.22. The standard InChI is InChI=1S/C13H19NO6/c1-5-7(2)9(10(15)16)14-6-8-11(17)19-13(3,4)20-12(8)18/h6-9H,5H2,1-4H3,(H,15,16)/p-1/t7-,9+/m1/s1. The number of aliphatic imine (C=N–C) groups is 1. The van der Waals surface area contributed by atoms with Crippen LogP contribution in [0.1, 0.15) is 34.1 Å². The lowest BCUT2D eigenvalue weighted by Gasteiger charge is -2.31. The number of rotatable bonds is 5. The van der Waals surface area contributed by atoms with E-state index in [9.17, 15) is 19.5 Å². The molecule has 0 N–H and O–H groups in total. The predicted octanol–water partition coefficient (Wildman–Crippen LogP) is -0.326. The van der Waals surface area contributed by atoms with Gasteiger partial charge in [-0.3, -0.25) is 14.6 Å². The molecule has 112 valence electrons. The molecule has 1 rings (SSSR count). The molecule has 1 aliphatic heterocycles. The molecule has 0 aromatic rings. The van der Waals surface area contributed by atoms with E-state index in [1.807, 2.05) is 6.92 Å². The number of aliphatic carboxylic acids is 1. The quantitative estimate of drug-likeness (QED) is 0.389. The van der Waals surface area contributed by atoms with Crippen molar-refractivity contribution in [3.63, 3.8) is 0 Å². The number of esters is 2. The van der Waals surface area contributed by atoms with E-state index >= 15 is 0 Å². The molecule has 7 heteroatoms. The lowest BCUT2D eigenvalue weighted by atomic mass is 9.99. The Morgan fingerprint density at radius 2 is 1.90 bits per heavy atom. The molecule has 0 unspecified atom stereocenters. The van der Waals surface area contributed by atoms with E-state index in [0.717, 1.165) is 6.21 Å². The summed E-state index contributed by atoms with van der Waals surface area (Å²) in [5.41, 5.74) is 0. The van der Waals surface area contributed by atoms with Crippen LogP contribution in [-0.2, 0) is 23.9 Å². The minimum Gasteiger partial charge on any atom is -0.548 e. The molecule has 0 amide bonds. The molecule has 0 aromatic heterocycles. The van der Waals surface area contributed by atoms with Crippen LogP contribution in [0.5, 0.6) is 0 Å². The molecule has 7 nitrogen and oxygen atoms in total. The summed E-state index contributed by atoms with van der Waals surface area (Å²) < 4.78 is 9.80. The average Bonchev–Trinajstić information content (AvgIpc) is 2.30. The largest absolute Gasteiger partial charge is 0.548 e. The van der Waals surface area contributed by atoms with Crippen LogP contribution in [0, 0.1) is 11.8 Å². The van der Waals surface area contributed by atoms with Gasteiger partial charge >= 0.3 is 11.9 Å². The summed E-state index contributed by atoms with van der Waals surface area (Å²) >= 11 is 0. The third kappa shape index (κ3) is 3.79. The number of carboxylic acids is 1. The average molecular weight is 284 g/mol. The molecular weight excluding hydrogens is 266 g/mol. The summed E-state index contributed by atoms with van der Waals surface area (Å²) in [5.74, 6) is -5.90. The van der Waals surface area contributed by atoms with Crippen molar-refractivity contribution in [1.82, 2.24) is 0 Å². The lowest BCUT2D eigenvalue weighted by Crippen LogP contribution is -2.47. The van der Waals surface area contributed by atoms with Gasteiger partial charge in [-0.1, -0.05) is 20.3 Å². The van der Waals surface area contributed by atoms with E-state index in [0.29, 0.717) is 6.42 Å². The van der Waals surface area contributed by atoms with Crippen LogP contribution in [0.4, 0.5) is 0 Å². The Kier molecular flexibility index (Phi) is 4.86. The Bertz CT molecular complexity index is 422. The van der Waals surface area contributed by atoms with Gasteiger partial charge in [-0.05, 0) is 5.92 Å². The number of ether oxygens (including phenoxy) is 2. The van der Waals surface area contributed by atoms with Gasteiger partial charge < -0.3 is 19.4 Å². The number of hydrogen-bond donors (Lipinski definition) is 0. The fourth-order valence-electron chi connectivity index (χ4n) is 1.69. The zero-order chi connectivity index (χ0) is 15.5. The summed E-state index contributed by atoms with van der Waals surface area (Å²) in [7, 11) is 0. The van der Waals surface area contributed by atoms with Crippen molar-refractivity contribution in [2.75, 3.05) is 0 Å². The predicted molar refractivity (Wildman–Crippen MR) is 66.5 cm³/mol. The van der Waals surface area contributed by atoms with Crippen LogP contribution in [0.15, 0.2) is 4.99 Å². The van der Waals surface area contributed by atoms with E-state index in [-0.39, 0.29) is 5.92 Å². The Labute approximate surface area is 117 Å². The second kappa shape index (κ2) is 6.02. The molecule has 0 spiro atoms. The van der Waals surface area contributed by atoms with Crippen LogP contribution in [0.25, 0.3) is 0 Å². The van der Waals surface area contributed by atoms with Crippen molar-refractivity contribution in [2.45, 2.75) is 45.9 Å². The Hall–Kier alpha value is -1.92. The smallest absolute Gasteiger partial charge is 0.329 e. The molecule has 1 aliphatic rings. The number of cyclic esters (lactones) is 2. The van der Waals surface area contributed by atoms with E-state index < -0.39 is 35.7 Å². The number of carbonyl (C=O) groups is 3. The van der Waals surface area contributed by atoms with Crippen molar-refractivity contribution in [2.24, 2.45) is 16.8 Å². The molecule has 0 aliphatic carbocycles. The molecule has 1 fully saturated rings. The zero-order valence-corrected chi connectivity index (χ0v) is 11.9. The second-order valence-electron chi connectivity index (χ2n) is 5.17. The third-order valence-electron chi connectivity index (χ3n) is 3.02. The van der Waals surface area contributed by atoms with Crippen molar-refractivity contribution in [3.8, 4) is 0 Å². The van der Waals surface area contributed by atoms with Crippen LogP contribution < -0.4 is 5.11 Å². The van der Waals surface area contributed by atoms with Crippen molar-refractivity contribution < 1.29 is 29.0 Å². The van der Waals surface area contributed by atoms with E-state index in [1.54, 1.807) is 6.92 Å². The molecule has 2 atom stereocenters. The maximum absolute atomic E-state index is 11.7. The first kappa shape index (κ1) is 16.1. The fourth-order valence-corrected chi connectivity index (χ4v) is 1.69. The lowest BCUT2D eigenvalue weighted by molar-refractivity contribution is -0.308. The van der Waals surface area contributed by atoms with Gasteiger partial charge in [0.05, 0.1) is 12.0 Å². The summed E-state index contributed by atoms with van der Waals surface area (Å²) in [4.78, 5) is 38.1. The fraction of sp³-hybridized carbons (Fsp3) is 0.692. The summed E-state index contributed by atoms with van der Waals surface area (Å²) in [6.45, 7) is 6.36. The maximum atomic E-state index is 11.7. The zero-order valence-electron chi connectivity index (χ0n) is 11.9. The van der Waals surface area contributed by atoms with Gasteiger partial charge in [0.25, 0.3) is 5.79 Å². The number of carbonyl (C=O) groups excluding carboxylic acids is 3. The summed E-state index contributed by atoms with van der Waals surface area (Å²) in [6.07, 6.45) is 1.54. The SMILES string of the molecule is CC[C@@H](C)[C@H](N=CC1C(=O)OC(C)(C)OC1=O)C(=O)[O-]. The van der Waals surface area contributed by atoms with Gasteiger partial charge in [-0.15, -0.1) is 0 Å². The highest BCUT2D eigenvalue weighted by atomic mass is 16.7. The van der Waals surface area contributed by atoms with Crippen molar-refractivity contribution >= 4 is 24.1 Å². The Morgan fingerprint density at radius 1 is 1.40 bits per heavy atom. The molecule has 1 heterocycles. The number of hydrogen-bond acceptors (Lipinski definition) is 7. The molecule has 0 saturated carbocycles. The molecular formula is C13H18NO6-. The monoisotopic (exact) mass is 284 g/mol. The van der Waals surface area contributed by atoms with Gasteiger partial charge in [0.2, 0.25) is 0 Å². The van der Waals surface area contributed by atoms with Crippen LogP contribution in [0.2, 0.25) is 0 Å². The maximum Gasteiger partial charge on any atom is 0.329 e. The van der Waals surface area contributed by atoms with Crippen LogP contribution in [0.3, 0.4) is 0 Å². The molecule has 1 saturated heterocycles. The highest BCUT2D eigenvalue weighted by Gasteiger charge is 2.42. The topological polar surface area (TPSA) is 105 Å². The second-order valence-corrected chi connectivity index (χ2v) is 5.17. The molecule has 20 heavy (non-hydrogen) atoms. The highest BCUT2D eigenvalue weighted by molar-refractivity contribution is 6.10. The van der Waals surface area contributed by atoms with Crippen molar-refractivity contribution in [1.29, 1.82) is 0 Å². The number of nitrogens with zero attached hydrogens (tertiary/aromatic N) is 1. The first-order valence-corrected chi connectivity index (χ1v) is 6.37. The molecule has 0 bridgehead atoms. The van der Waals surface area contributed by atoms with E-state index in [4.69, 9.17) is 9.47 Å². The third-order valence-corrected chi connectivity index (χ3v) is 3.02. The molecule has 0 radical (unpaired) electrons. The van der Waals surface area contributed by atoms with Gasteiger partial charge in [0.15, 0.2) is 5.92 Å². The van der Waals surface area contributed by atoms with E-state index in [2.05, 4.69) is 4.99 Å². The Morgan fingerprint density at radius 3 is 2.30 bits per heavy atom. The van der Waals surface area contributed by atoms with Crippen LogP contribution in [-0.4, -0.2) is 36.0 Å². The molecule has 0 aromatic carbocycles. The van der Waals surface area contributed by atoms with Gasteiger partial charge in [-0.25, -0.2) is 0 Å². The minimum atomic E-state index is -1.35. The summed E-state index contributed by atoms with van der Waals surface area (Å²) in [5, 5.41) is 11.0. The Balaban J connectivity index is 2.85. The van der Waals surface area contributed by atoms with Gasteiger partial charge in [0.1, 0.15) is 0 Å².